The van der Waals surface area contributed by atoms with Crippen LogP contribution in [0.15, 0.2) is 6.07 Å². The van der Waals surface area contributed by atoms with E-state index in [-0.39, 0.29) is 24.2 Å². The zero-order chi connectivity index (χ0) is 9.84. The van der Waals surface area contributed by atoms with E-state index in [1.807, 2.05) is 0 Å². The van der Waals surface area contributed by atoms with Crippen LogP contribution in [0, 0.1) is 10.1 Å². The lowest BCUT2D eigenvalue weighted by Crippen LogP contribution is -2.00. The van der Waals surface area contributed by atoms with Gasteiger partial charge in [-0.2, -0.15) is 0 Å². The van der Waals surface area contributed by atoms with Gasteiger partial charge >= 0.3 is 17.7 Å². The molecule has 0 saturated heterocycles. The molecule has 1 heterocycles. The first-order valence-corrected chi connectivity index (χ1v) is 3.29. The number of nitrogens with zero attached hydrogens (tertiary/aromatic N) is 3. The van der Waals surface area contributed by atoms with E-state index in [0.29, 0.717) is 0 Å². The quantitative estimate of drug-likeness (QED) is 0.555. The highest BCUT2D eigenvalue weighted by Gasteiger charge is 2.16. The summed E-state index contributed by atoms with van der Waals surface area (Å²) in [5.41, 5.74) is 0. The average Bonchev–Trinajstić information content (AvgIpc) is 2.16. The fourth-order valence-electron chi connectivity index (χ4n) is 0.683. The molecule has 1 aromatic rings. The maximum atomic E-state index is 10.3. The Morgan fingerprint density at radius 1 is 1.29 bits per heavy atom. The molecule has 8 heteroatoms. The van der Waals surface area contributed by atoms with E-state index in [1.54, 1.807) is 0 Å². The van der Waals surface area contributed by atoms with Crippen LogP contribution in [0.3, 0.4) is 0 Å². The summed E-state index contributed by atoms with van der Waals surface area (Å²) in [5.74, 6) is -0.353. The zero-order valence-corrected chi connectivity index (χ0v) is 8.28. The highest BCUT2D eigenvalue weighted by atomic mass is 35.5. The Labute approximate surface area is 85.6 Å². The summed E-state index contributed by atoms with van der Waals surface area (Å²) in [6.45, 7) is 0. The lowest BCUT2D eigenvalue weighted by molar-refractivity contribution is -0.394. The summed E-state index contributed by atoms with van der Waals surface area (Å²) in [6.07, 6.45) is 0. The van der Waals surface area contributed by atoms with Gasteiger partial charge in [-0.25, -0.2) is 0 Å². The Morgan fingerprint density at radius 3 is 2.00 bits per heavy atom. The summed E-state index contributed by atoms with van der Waals surface area (Å²) in [5, 5.41) is 10.3. The molecule has 0 aliphatic rings. The molecule has 0 aliphatic heterocycles. The van der Waals surface area contributed by atoms with E-state index in [0.717, 1.165) is 0 Å². The van der Waals surface area contributed by atoms with Gasteiger partial charge in [-0.05, 0) is 14.9 Å². The Hall–Kier alpha value is -1.63. The molecule has 7 nitrogen and oxygen atoms in total. The van der Waals surface area contributed by atoms with Gasteiger partial charge in [0, 0.05) is 0 Å². The van der Waals surface area contributed by atoms with E-state index in [4.69, 9.17) is 9.47 Å². The van der Waals surface area contributed by atoms with Gasteiger partial charge in [0.05, 0.1) is 20.3 Å². The van der Waals surface area contributed by atoms with Gasteiger partial charge in [0.1, 0.15) is 0 Å². The Morgan fingerprint density at radius 2 is 1.71 bits per heavy atom. The molecule has 0 aliphatic carbocycles. The Balaban J connectivity index is 0.00000169. The average molecular weight is 222 g/mol. The van der Waals surface area contributed by atoms with Gasteiger partial charge < -0.3 is 19.6 Å². The number of hydrogen-bond acceptors (Lipinski definition) is 6. The molecule has 78 valence electrons. The predicted octanol–water partition coefficient (Wildman–Crippen LogP) is 0.824. The minimum absolute atomic E-state index is 0. The number of hydrogen-bond donors (Lipinski definition) is 0. The lowest BCUT2D eigenvalue weighted by Gasteiger charge is -1.97. The van der Waals surface area contributed by atoms with Crippen molar-refractivity contribution in [2.45, 2.75) is 0 Å². The molecule has 0 spiro atoms. The molecular formula is C6H8ClN3O4. The van der Waals surface area contributed by atoms with Crippen molar-refractivity contribution in [1.82, 2.24) is 9.97 Å². The standard InChI is InChI=1S/C6H7N3O4.ClH/c1-12-4-3-5(13-2)8-6(7-4)9(10)11;/h3H,1-2H3;1H. The van der Waals surface area contributed by atoms with Crippen molar-refractivity contribution in [3.8, 4) is 11.8 Å². The molecule has 14 heavy (non-hydrogen) atoms. The van der Waals surface area contributed by atoms with Crippen LogP contribution in [0.25, 0.3) is 0 Å². The zero-order valence-electron chi connectivity index (χ0n) is 7.46. The van der Waals surface area contributed by atoms with Gasteiger partial charge in [-0.1, -0.05) is 0 Å². The summed E-state index contributed by atoms with van der Waals surface area (Å²) >= 11 is 0. The Kier molecular flexibility index (Phi) is 4.57. The van der Waals surface area contributed by atoms with Gasteiger partial charge in [0.2, 0.25) is 0 Å². The predicted molar refractivity (Wildman–Crippen MR) is 49.0 cm³/mol. The number of rotatable bonds is 3. The largest absolute Gasteiger partial charge is 0.475 e. The third kappa shape index (κ3) is 2.70. The molecule has 1 rings (SSSR count). The highest BCUT2D eigenvalue weighted by molar-refractivity contribution is 5.85. The van der Waals surface area contributed by atoms with Crippen LogP contribution in [0.4, 0.5) is 5.95 Å². The van der Waals surface area contributed by atoms with E-state index >= 15 is 0 Å². The summed E-state index contributed by atoms with van der Waals surface area (Å²) < 4.78 is 9.42. The molecule has 0 bridgehead atoms. The molecule has 0 atom stereocenters. The fraction of sp³-hybridized carbons (Fsp3) is 0.333. The van der Waals surface area contributed by atoms with Crippen molar-refractivity contribution in [3.05, 3.63) is 16.2 Å². The van der Waals surface area contributed by atoms with Crippen molar-refractivity contribution in [1.29, 1.82) is 0 Å². The second-order valence-corrected chi connectivity index (χ2v) is 2.01. The number of methoxy groups -OCH3 is 2. The lowest BCUT2D eigenvalue weighted by atomic mass is 10.6. The van der Waals surface area contributed by atoms with Crippen LogP contribution < -0.4 is 9.47 Å². The maximum absolute atomic E-state index is 10.3. The summed E-state index contributed by atoms with van der Waals surface area (Å²) in [7, 11) is 2.71. The molecule has 0 amide bonds. The van der Waals surface area contributed by atoms with E-state index in [2.05, 4.69) is 9.97 Å². The first-order valence-electron chi connectivity index (χ1n) is 3.29. The Bertz CT molecular complexity index is 311. The van der Waals surface area contributed by atoms with Crippen LogP contribution in [-0.4, -0.2) is 29.1 Å². The van der Waals surface area contributed by atoms with Gasteiger partial charge in [-0.3, -0.25) is 0 Å². The van der Waals surface area contributed by atoms with E-state index in [1.165, 1.54) is 20.3 Å². The van der Waals surface area contributed by atoms with Crippen LogP contribution in [0.2, 0.25) is 0 Å². The number of aromatic nitrogens is 2. The van der Waals surface area contributed by atoms with Crippen molar-refractivity contribution in [2.75, 3.05) is 14.2 Å². The van der Waals surface area contributed by atoms with Crippen LogP contribution in [-0.2, 0) is 0 Å². The molecule has 0 saturated carbocycles. The monoisotopic (exact) mass is 221 g/mol. The topological polar surface area (TPSA) is 87.4 Å². The second-order valence-electron chi connectivity index (χ2n) is 2.01. The number of halogens is 1. The molecule has 0 radical (unpaired) electrons. The molecule has 0 fully saturated rings. The summed E-state index contributed by atoms with van der Waals surface area (Å²) in [6, 6.07) is 1.35. The molecule has 0 N–H and O–H groups in total. The van der Waals surface area contributed by atoms with E-state index in [9.17, 15) is 10.1 Å². The van der Waals surface area contributed by atoms with Crippen LogP contribution >= 0.6 is 12.4 Å². The minimum atomic E-state index is -0.717. The van der Waals surface area contributed by atoms with E-state index < -0.39 is 10.9 Å². The minimum Gasteiger partial charge on any atom is -0.469 e. The van der Waals surface area contributed by atoms with Crippen molar-refractivity contribution in [3.63, 3.8) is 0 Å². The fourth-order valence-corrected chi connectivity index (χ4v) is 0.683. The van der Waals surface area contributed by atoms with Crippen LogP contribution in [0.1, 0.15) is 0 Å². The van der Waals surface area contributed by atoms with Gasteiger partial charge in [-0.15, -0.1) is 12.4 Å². The third-order valence-corrected chi connectivity index (χ3v) is 1.25. The third-order valence-electron chi connectivity index (χ3n) is 1.25. The smallest absolute Gasteiger partial charge is 0.469 e. The van der Waals surface area contributed by atoms with Crippen molar-refractivity contribution in [2.24, 2.45) is 0 Å². The second kappa shape index (κ2) is 5.18. The molecule has 1 aromatic heterocycles. The molecular weight excluding hydrogens is 214 g/mol. The molecule has 0 unspecified atom stereocenters. The normalized spacial score (nSPS) is 8.71. The van der Waals surface area contributed by atoms with Crippen molar-refractivity contribution >= 4 is 18.4 Å². The SMILES string of the molecule is COc1cc(OC)nc([N+](=O)[O-])n1.Cl. The maximum Gasteiger partial charge on any atom is 0.475 e. The number of nitro groups is 1. The van der Waals surface area contributed by atoms with Crippen molar-refractivity contribution < 1.29 is 14.4 Å². The first kappa shape index (κ1) is 12.4. The number of ether oxygens (including phenoxy) is 2. The van der Waals surface area contributed by atoms with Crippen LogP contribution in [0.5, 0.6) is 11.8 Å². The first-order chi connectivity index (χ1) is 6.17. The highest BCUT2D eigenvalue weighted by Crippen LogP contribution is 2.17. The summed E-state index contributed by atoms with van der Waals surface area (Å²) in [4.78, 5) is 16.6. The van der Waals surface area contributed by atoms with Gasteiger partial charge in [0.15, 0.2) is 0 Å². The molecule has 0 aromatic carbocycles. The van der Waals surface area contributed by atoms with Gasteiger partial charge in [0.25, 0.3) is 0 Å².